The summed E-state index contributed by atoms with van der Waals surface area (Å²) in [6.07, 6.45) is 1.27. The molecule has 3 nitrogen and oxygen atoms in total. The van der Waals surface area contributed by atoms with Crippen LogP contribution in [0.5, 0.6) is 0 Å². The van der Waals surface area contributed by atoms with Crippen LogP contribution in [0.2, 0.25) is 0 Å². The van der Waals surface area contributed by atoms with Gasteiger partial charge in [0.05, 0.1) is 11.4 Å². The van der Waals surface area contributed by atoms with Crippen LogP contribution in [0.4, 0.5) is 11.4 Å². The van der Waals surface area contributed by atoms with E-state index in [2.05, 4.69) is 30.1 Å². The van der Waals surface area contributed by atoms with Crippen molar-refractivity contribution in [2.45, 2.75) is 20.3 Å². The van der Waals surface area contributed by atoms with Gasteiger partial charge in [-0.05, 0) is 30.4 Å². The maximum atomic E-state index is 11.5. The number of anilines is 2. The molecule has 2 atom stereocenters. The Bertz CT molecular complexity index is 440. The lowest BCUT2D eigenvalue weighted by molar-refractivity contribution is -0.113. The summed E-state index contributed by atoms with van der Waals surface area (Å²) in [6.45, 7) is 6.64. The monoisotopic (exact) mass is 280 g/mol. The van der Waals surface area contributed by atoms with Gasteiger partial charge in [-0.1, -0.05) is 26.0 Å². The van der Waals surface area contributed by atoms with Crippen molar-refractivity contribution in [1.82, 2.24) is 0 Å². The van der Waals surface area contributed by atoms with Gasteiger partial charge in [-0.3, -0.25) is 4.79 Å². The predicted molar refractivity (Wildman–Crippen MR) is 80.9 cm³/mol. The Morgan fingerprint density at radius 1 is 1.32 bits per heavy atom. The number of nitrogens with one attached hydrogen (secondary N) is 1. The van der Waals surface area contributed by atoms with Crippen molar-refractivity contribution in [2.24, 2.45) is 11.8 Å². The van der Waals surface area contributed by atoms with Gasteiger partial charge in [0.1, 0.15) is 5.88 Å². The smallest absolute Gasteiger partial charge is 0.239 e. The first-order valence-corrected chi connectivity index (χ1v) is 7.33. The minimum Gasteiger partial charge on any atom is -0.369 e. The molecule has 0 spiro atoms. The topological polar surface area (TPSA) is 32.3 Å². The first-order valence-electron chi connectivity index (χ1n) is 6.80. The van der Waals surface area contributed by atoms with Gasteiger partial charge in [0, 0.05) is 13.1 Å². The van der Waals surface area contributed by atoms with E-state index in [1.165, 1.54) is 6.42 Å². The summed E-state index contributed by atoms with van der Waals surface area (Å²) < 4.78 is 0. The van der Waals surface area contributed by atoms with E-state index in [1.807, 2.05) is 18.2 Å². The fourth-order valence-electron chi connectivity index (χ4n) is 2.90. The second-order valence-corrected chi connectivity index (χ2v) is 5.82. The number of hydrogen-bond donors (Lipinski definition) is 1. The third kappa shape index (κ3) is 3.63. The van der Waals surface area contributed by atoms with E-state index in [-0.39, 0.29) is 11.8 Å². The molecule has 1 heterocycles. The molecule has 2 rings (SSSR count). The number of piperidine rings is 1. The second kappa shape index (κ2) is 6.29. The fourth-order valence-corrected chi connectivity index (χ4v) is 2.97. The Morgan fingerprint density at radius 2 is 1.95 bits per heavy atom. The highest BCUT2D eigenvalue weighted by Crippen LogP contribution is 2.31. The van der Waals surface area contributed by atoms with Gasteiger partial charge in [0.15, 0.2) is 0 Å². The number of halogens is 1. The van der Waals surface area contributed by atoms with Gasteiger partial charge in [-0.15, -0.1) is 11.6 Å². The number of benzene rings is 1. The third-order valence-electron chi connectivity index (χ3n) is 3.51. The molecule has 1 aliphatic rings. The molecule has 1 amide bonds. The zero-order chi connectivity index (χ0) is 13.8. The van der Waals surface area contributed by atoms with Gasteiger partial charge >= 0.3 is 0 Å². The van der Waals surface area contributed by atoms with Crippen LogP contribution in [0.25, 0.3) is 0 Å². The number of carbonyl (C=O) groups excluding carboxylic acids is 1. The van der Waals surface area contributed by atoms with Crippen molar-refractivity contribution >= 4 is 28.9 Å². The molecule has 1 aromatic rings. The summed E-state index contributed by atoms with van der Waals surface area (Å²) in [4.78, 5) is 13.8. The van der Waals surface area contributed by atoms with E-state index in [1.54, 1.807) is 0 Å². The normalized spacial score (nSPS) is 23.2. The summed E-state index contributed by atoms with van der Waals surface area (Å²) in [5, 5.41) is 2.87. The van der Waals surface area contributed by atoms with Crippen LogP contribution < -0.4 is 10.2 Å². The number of hydrogen-bond acceptors (Lipinski definition) is 2. The Labute approximate surface area is 119 Å². The molecule has 1 fully saturated rings. The molecule has 1 aliphatic heterocycles. The Hall–Kier alpha value is -1.22. The summed E-state index contributed by atoms with van der Waals surface area (Å²) >= 11 is 5.56. The lowest BCUT2D eigenvalue weighted by Crippen LogP contribution is -2.39. The molecule has 1 saturated heterocycles. The molecule has 19 heavy (non-hydrogen) atoms. The molecule has 0 bridgehead atoms. The van der Waals surface area contributed by atoms with Gasteiger partial charge in [0.25, 0.3) is 0 Å². The standard InChI is InChI=1S/C15H21ClN2O/c1-11-7-12(2)10-18(9-11)14-6-4-3-5-13(14)17-15(19)8-16/h3-6,11-12H,7-10H2,1-2H3,(H,17,19)/t11-,12-/m0/s1. The van der Waals surface area contributed by atoms with Crippen molar-refractivity contribution in [1.29, 1.82) is 0 Å². The van der Waals surface area contributed by atoms with E-state index in [9.17, 15) is 4.79 Å². The minimum absolute atomic E-state index is 0.0128. The molecule has 4 heteroatoms. The average Bonchev–Trinajstić information content (AvgIpc) is 2.38. The fraction of sp³-hybridized carbons (Fsp3) is 0.533. The summed E-state index contributed by atoms with van der Waals surface area (Å²) in [5.74, 6) is 1.19. The summed E-state index contributed by atoms with van der Waals surface area (Å²) in [7, 11) is 0. The zero-order valence-electron chi connectivity index (χ0n) is 11.5. The lowest BCUT2D eigenvalue weighted by atomic mass is 9.91. The number of para-hydroxylation sites is 2. The largest absolute Gasteiger partial charge is 0.369 e. The van der Waals surface area contributed by atoms with E-state index in [4.69, 9.17) is 11.6 Å². The van der Waals surface area contributed by atoms with Gasteiger partial charge < -0.3 is 10.2 Å². The van der Waals surface area contributed by atoms with Crippen molar-refractivity contribution < 1.29 is 4.79 Å². The van der Waals surface area contributed by atoms with E-state index in [0.29, 0.717) is 11.8 Å². The maximum Gasteiger partial charge on any atom is 0.239 e. The molecule has 0 aliphatic carbocycles. The van der Waals surface area contributed by atoms with Crippen LogP contribution in [-0.4, -0.2) is 24.9 Å². The van der Waals surface area contributed by atoms with Crippen molar-refractivity contribution in [3.8, 4) is 0 Å². The predicted octanol–water partition coefficient (Wildman–Crippen LogP) is 3.35. The first-order chi connectivity index (χ1) is 9.10. The van der Waals surface area contributed by atoms with E-state index in [0.717, 1.165) is 24.5 Å². The van der Waals surface area contributed by atoms with Crippen LogP contribution in [0.15, 0.2) is 24.3 Å². The van der Waals surface area contributed by atoms with Crippen molar-refractivity contribution in [3.63, 3.8) is 0 Å². The average molecular weight is 281 g/mol. The number of rotatable bonds is 3. The zero-order valence-corrected chi connectivity index (χ0v) is 12.3. The molecule has 104 valence electrons. The van der Waals surface area contributed by atoms with E-state index < -0.39 is 0 Å². The minimum atomic E-state index is -0.160. The Morgan fingerprint density at radius 3 is 2.58 bits per heavy atom. The molecule has 0 aromatic heterocycles. The highest BCUT2D eigenvalue weighted by Gasteiger charge is 2.23. The van der Waals surface area contributed by atoms with Crippen LogP contribution in [0.1, 0.15) is 20.3 Å². The number of carbonyl (C=O) groups is 1. The third-order valence-corrected chi connectivity index (χ3v) is 3.75. The number of nitrogens with zero attached hydrogens (tertiary/aromatic N) is 1. The molecule has 1 N–H and O–H groups in total. The maximum absolute atomic E-state index is 11.5. The highest BCUT2D eigenvalue weighted by molar-refractivity contribution is 6.29. The molecular weight excluding hydrogens is 260 g/mol. The van der Waals surface area contributed by atoms with Crippen LogP contribution >= 0.6 is 11.6 Å². The highest BCUT2D eigenvalue weighted by atomic mass is 35.5. The Balaban J connectivity index is 2.21. The van der Waals surface area contributed by atoms with Crippen LogP contribution in [-0.2, 0) is 4.79 Å². The molecule has 0 radical (unpaired) electrons. The van der Waals surface area contributed by atoms with Crippen molar-refractivity contribution in [3.05, 3.63) is 24.3 Å². The quantitative estimate of drug-likeness (QED) is 0.861. The molecular formula is C15H21ClN2O. The Kier molecular flexibility index (Phi) is 4.70. The summed E-state index contributed by atoms with van der Waals surface area (Å²) in [6, 6.07) is 7.94. The van der Waals surface area contributed by atoms with Gasteiger partial charge in [-0.25, -0.2) is 0 Å². The molecule has 0 unspecified atom stereocenters. The summed E-state index contributed by atoms with van der Waals surface area (Å²) in [5.41, 5.74) is 1.95. The van der Waals surface area contributed by atoms with E-state index >= 15 is 0 Å². The second-order valence-electron chi connectivity index (χ2n) is 5.55. The molecule has 0 saturated carbocycles. The van der Waals surface area contributed by atoms with Crippen molar-refractivity contribution in [2.75, 3.05) is 29.2 Å². The lowest BCUT2D eigenvalue weighted by Gasteiger charge is -2.37. The van der Waals surface area contributed by atoms with Gasteiger partial charge in [-0.2, -0.15) is 0 Å². The van der Waals surface area contributed by atoms with Gasteiger partial charge in [0.2, 0.25) is 5.91 Å². The number of alkyl halides is 1. The van der Waals surface area contributed by atoms with Crippen LogP contribution in [0.3, 0.4) is 0 Å². The first kappa shape index (κ1) is 14.2. The van der Waals surface area contributed by atoms with Crippen LogP contribution in [0, 0.1) is 11.8 Å². The number of amides is 1. The SMILES string of the molecule is C[C@H]1C[C@H](C)CN(c2ccccc2NC(=O)CCl)C1. The molecule has 1 aromatic carbocycles.